The molecule has 1 atom stereocenters. The lowest BCUT2D eigenvalue weighted by Gasteiger charge is -2.15. The summed E-state index contributed by atoms with van der Waals surface area (Å²) < 4.78 is 0. The third kappa shape index (κ3) is 3.87. The van der Waals surface area contributed by atoms with Crippen molar-refractivity contribution in [3.63, 3.8) is 0 Å². The second-order valence-corrected chi connectivity index (χ2v) is 5.99. The van der Waals surface area contributed by atoms with Gasteiger partial charge in [0.25, 0.3) is 5.91 Å². The zero-order valence-electron chi connectivity index (χ0n) is 13.0. The monoisotopic (exact) mass is 317 g/mol. The molecule has 116 valence electrons. The number of carbonyl (C=O) groups is 1. The van der Waals surface area contributed by atoms with Crippen molar-refractivity contribution in [2.45, 2.75) is 26.9 Å². The Balaban J connectivity index is 2.05. The van der Waals surface area contributed by atoms with Gasteiger partial charge >= 0.3 is 0 Å². The first kappa shape index (κ1) is 16.5. The molecule has 0 aliphatic carbocycles. The topological polar surface area (TPSA) is 49.3 Å². The zero-order valence-corrected chi connectivity index (χ0v) is 13.7. The van der Waals surface area contributed by atoms with E-state index in [1.165, 1.54) is 0 Å². The summed E-state index contributed by atoms with van der Waals surface area (Å²) in [6, 6.07) is 10.9. The van der Waals surface area contributed by atoms with Gasteiger partial charge in [-0.3, -0.25) is 4.79 Å². The molecule has 0 aliphatic rings. The van der Waals surface area contributed by atoms with Crippen LogP contribution in [0.15, 0.2) is 36.4 Å². The normalized spacial score (nSPS) is 12.0. The number of carbonyl (C=O) groups excluding carboxylic acids is 1. The summed E-state index contributed by atoms with van der Waals surface area (Å²) in [4.78, 5) is 12.3. The molecule has 0 saturated carbocycles. The van der Waals surface area contributed by atoms with Crippen LogP contribution in [-0.4, -0.2) is 17.6 Å². The molecule has 0 spiro atoms. The quantitative estimate of drug-likeness (QED) is 0.902. The van der Waals surface area contributed by atoms with Crippen LogP contribution in [0.5, 0.6) is 0 Å². The zero-order chi connectivity index (χ0) is 16.3. The van der Waals surface area contributed by atoms with Crippen molar-refractivity contribution in [2.24, 2.45) is 0 Å². The van der Waals surface area contributed by atoms with E-state index in [1.807, 2.05) is 32.9 Å². The highest BCUT2D eigenvalue weighted by molar-refractivity contribution is 6.30. The molecule has 22 heavy (non-hydrogen) atoms. The molecule has 0 heterocycles. The maximum atomic E-state index is 12.3. The summed E-state index contributed by atoms with van der Waals surface area (Å²) in [5.41, 5.74) is 4.41. The van der Waals surface area contributed by atoms with Gasteiger partial charge in [0.05, 0.1) is 6.10 Å². The molecule has 2 aromatic rings. The number of halogens is 1. The van der Waals surface area contributed by atoms with Gasteiger partial charge in [-0.2, -0.15) is 0 Å². The number of hydrogen-bond donors (Lipinski definition) is 2. The number of amides is 1. The van der Waals surface area contributed by atoms with Crippen molar-refractivity contribution in [2.75, 3.05) is 6.54 Å². The minimum absolute atomic E-state index is 0.160. The highest BCUT2D eigenvalue weighted by atomic mass is 35.5. The third-order valence-corrected chi connectivity index (χ3v) is 3.87. The Morgan fingerprint density at radius 3 is 2.23 bits per heavy atom. The lowest BCUT2D eigenvalue weighted by molar-refractivity contribution is 0.0915. The van der Waals surface area contributed by atoms with Crippen LogP contribution in [0.3, 0.4) is 0 Å². The van der Waals surface area contributed by atoms with Gasteiger partial charge in [-0.25, -0.2) is 0 Å². The molecular weight excluding hydrogens is 298 g/mol. The maximum Gasteiger partial charge on any atom is 0.251 e. The number of aliphatic hydroxyl groups excluding tert-OH is 1. The van der Waals surface area contributed by atoms with Crippen LogP contribution in [0.4, 0.5) is 0 Å². The smallest absolute Gasteiger partial charge is 0.251 e. The van der Waals surface area contributed by atoms with Gasteiger partial charge in [-0.1, -0.05) is 41.4 Å². The van der Waals surface area contributed by atoms with Crippen molar-refractivity contribution < 1.29 is 9.90 Å². The van der Waals surface area contributed by atoms with Crippen LogP contribution < -0.4 is 5.32 Å². The fraction of sp³-hybridized carbons (Fsp3) is 0.278. The summed E-state index contributed by atoms with van der Waals surface area (Å²) in [6.45, 7) is 6.01. The molecular formula is C18H20ClNO2. The molecule has 4 heteroatoms. The molecule has 0 aliphatic heterocycles. The molecule has 0 radical (unpaired) electrons. The molecule has 2 aromatic carbocycles. The first-order chi connectivity index (χ1) is 10.4. The van der Waals surface area contributed by atoms with Crippen molar-refractivity contribution in [1.82, 2.24) is 5.32 Å². The molecule has 1 amide bonds. The van der Waals surface area contributed by atoms with E-state index in [4.69, 9.17) is 11.6 Å². The Hall–Kier alpha value is -1.84. The van der Waals surface area contributed by atoms with Crippen molar-refractivity contribution >= 4 is 17.5 Å². The van der Waals surface area contributed by atoms with Crippen molar-refractivity contribution in [1.29, 1.82) is 0 Å². The highest BCUT2D eigenvalue weighted by Gasteiger charge is 2.15. The lowest BCUT2D eigenvalue weighted by atomic mass is 9.99. The summed E-state index contributed by atoms with van der Waals surface area (Å²) in [5, 5.41) is 13.5. The first-order valence-electron chi connectivity index (χ1n) is 7.18. The largest absolute Gasteiger partial charge is 0.387 e. The van der Waals surface area contributed by atoms with E-state index in [9.17, 15) is 9.90 Å². The molecule has 0 aromatic heterocycles. The van der Waals surface area contributed by atoms with Crippen LogP contribution in [0.25, 0.3) is 0 Å². The number of aliphatic hydroxyl groups is 1. The van der Waals surface area contributed by atoms with Crippen LogP contribution in [0.1, 0.15) is 38.7 Å². The maximum absolute atomic E-state index is 12.3. The average Bonchev–Trinajstić information content (AvgIpc) is 2.44. The van der Waals surface area contributed by atoms with Gasteiger partial charge in [0, 0.05) is 17.1 Å². The number of rotatable bonds is 4. The fourth-order valence-electron chi connectivity index (χ4n) is 2.62. The van der Waals surface area contributed by atoms with Crippen molar-refractivity contribution in [3.05, 3.63) is 69.2 Å². The molecule has 0 saturated heterocycles. The molecule has 2 N–H and O–H groups in total. The summed E-state index contributed by atoms with van der Waals surface area (Å²) in [5.74, 6) is -0.164. The minimum atomic E-state index is -0.757. The fourth-order valence-corrected chi connectivity index (χ4v) is 2.74. The van der Waals surface area contributed by atoms with Gasteiger partial charge in [0.1, 0.15) is 0 Å². The predicted molar refractivity (Wildman–Crippen MR) is 89.4 cm³/mol. The first-order valence-corrected chi connectivity index (χ1v) is 7.56. The number of aryl methyl sites for hydroxylation is 3. The number of nitrogens with one attached hydrogen (secondary N) is 1. The van der Waals surface area contributed by atoms with Gasteiger partial charge < -0.3 is 10.4 Å². The van der Waals surface area contributed by atoms with E-state index in [1.54, 1.807) is 24.3 Å². The van der Waals surface area contributed by atoms with Gasteiger partial charge in [0.2, 0.25) is 0 Å². The Morgan fingerprint density at radius 2 is 1.68 bits per heavy atom. The van der Waals surface area contributed by atoms with Crippen molar-refractivity contribution in [3.8, 4) is 0 Å². The van der Waals surface area contributed by atoms with E-state index >= 15 is 0 Å². The molecule has 0 fully saturated rings. The number of benzene rings is 2. The van der Waals surface area contributed by atoms with E-state index in [0.29, 0.717) is 10.6 Å². The Labute approximate surface area is 135 Å². The number of hydrogen-bond acceptors (Lipinski definition) is 2. The van der Waals surface area contributed by atoms with E-state index in [2.05, 4.69) is 5.32 Å². The summed E-state index contributed by atoms with van der Waals surface area (Å²) in [7, 11) is 0. The van der Waals surface area contributed by atoms with Crippen LogP contribution in [0.2, 0.25) is 5.02 Å². The van der Waals surface area contributed by atoms with Crippen LogP contribution >= 0.6 is 11.6 Å². The minimum Gasteiger partial charge on any atom is -0.387 e. The molecule has 2 rings (SSSR count). The van der Waals surface area contributed by atoms with E-state index in [0.717, 1.165) is 22.3 Å². The van der Waals surface area contributed by atoms with Crippen LogP contribution in [-0.2, 0) is 0 Å². The third-order valence-electron chi connectivity index (χ3n) is 3.61. The Kier molecular flexibility index (Phi) is 5.22. The van der Waals surface area contributed by atoms with E-state index in [-0.39, 0.29) is 12.5 Å². The second kappa shape index (κ2) is 6.95. The summed E-state index contributed by atoms with van der Waals surface area (Å²) >= 11 is 5.82. The van der Waals surface area contributed by atoms with Gasteiger partial charge in [-0.15, -0.1) is 0 Å². The van der Waals surface area contributed by atoms with Gasteiger partial charge in [0.15, 0.2) is 0 Å². The van der Waals surface area contributed by atoms with Gasteiger partial charge in [-0.05, 0) is 49.6 Å². The second-order valence-electron chi connectivity index (χ2n) is 5.55. The lowest BCUT2D eigenvalue weighted by Crippen LogP contribution is -2.29. The van der Waals surface area contributed by atoms with E-state index < -0.39 is 6.10 Å². The molecule has 3 nitrogen and oxygen atoms in total. The highest BCUT2D eigenvalue weighted by Crippen LogP contribution is 2.18. The average molecular weight is 318 g/mol. The Bertz CT molecular complexity index is 657. The SMILES string of the molecule is Cc1cc(C)c(C(=O)NCC(O)c2ccc(Cl)cc2)c(C)c1. The molecule has 0 bridgehead atoms. The molecule has 1 unspecified atom stereocenters. The summed E-state index contributed by atoms with van der Waals surface area (Å²) in [6.07, 6.45) is -0.757. The Morgan fingerprint density at radius 1 is 1.14 bits per heavy atom. The standard InChI is InChI=1S/C18H20ClNO2/c1-11-8-12(2)17(13(3)9-11)18(22)20-10-16(21)14-4-6-15(19)7-5-14/h4-9,16,21H,10H2,1-3H3,(H,20,22). The predicted octanol–water partition coefficient (Wildman–Crippen LogP) is 3.73. The van der Waals surface area contributed by atoms with Crippen LogP contribution in [0, 0.1) is 20.8 Å².